The predicted octanol–water partition coefficient (Wildman–Crippen LogP) is 3.10. The molecule has 0 radical (unpaired) electrons. The molecule has 0 aromatic heterocycles. The van der Waals surface area contributed by atoms with E-state index < -0.39 is 23.4 Å². The van der Waals surface area contributed by atoms with E-state index in [1.54, 1.807) is 19.1 Å². The molecule has 3 rings (SSSR count). The monoisotopic (exact) mass is 432 g/mol. The van der Waals surface area contributed by atoms with Gasteiger partial charge in [-0.1, -0.05) is 54.6 Å². The number of hydrogen-bond donors (Lipinski definition) is 3. The molecule has 0 aliphatic heterocycles. The molecule has 164 valence electrons. The Bertz CT molecular complexity index is 1090. The lowest BCUT2D eigenvalue weighted by Gasteiger charge is -2.24. The van der Waals surface area contributed by atoms with Crippen molar-refractivity contribution in [3.63, 3.8) is 0 Å². The molecule has 2 amide bonds. The highest BCUT2D eigenvalue weighted by molar-refractivity contribution is 6.39. The smallest absolute Gasteiger partial charge is 0.337 e. The maximum absolute atomic E-state index is 12.2. The van der Waals surface area contributed by atoms with Crippen LogP contribution in [0.25, 0.3) is 11.1 Å². The summed E-state index contributed by atoms with van der Waals surface area (Å²) in [7, 11) is 1.27. The number of esters is 1. The Morgan fingerprint density at radius 1 is 0.844 bits per heavy atom. The first-order valence-corrected chi connectivity index (χ1v) is 9.96. The highest BCUT2D eigenvalue weighted by atomic mass is 16.5. The van der Waals surface area contributed by atoms with Gasteiger partial charge in [-0.05, 0) is 47.9 Å². The van der Waals surface area contributed by atoms with Gasteiger partial charge < -0.3 is 20.5 Å². The second-order valence-electron chi connectivity index (χ2n) is 7.42. The molecule has 0 spiro atoms. The van der Waals surface area contributed by atoms with Gasteiger partial charge in [0.25, 0.3) is 0 Å². The average molecular weight is 432 g/mol. The molecule has 7 nitrogen and oxygen atoms in total. The third kappa shape index (κ3) is 5.59. The zero-order valence-electron chi connectivity index (χ0n) is 17.8. The van der Waals surface area contributed by atoms with E-state index in [1.165, 1.54) is 31.4 Å². The summed E-state index contributed by atoms with van der Waals surface area (Å²) < 4.78 is 4.61. The molecular weight excluding hydrogens is 408 g/mol. The zero-order chi connectivity index (χ0) is 23.1. The number of rotatable bonds is 6. The molecule has 0 saturated heterocycles. The van der Waals surface area contributed by atoms with Gasteiger partial charge in [0.1, 0.15) is 5.60 Å². The fraction of sp³-hybridized carbons (Fsp3) is 0.160. The minimum Gasteiger partial charge on any atom is -0.465 e. The highest BCUT2D eigenvalue weighted by Crippen LogP contribution is 2.24. The number of amides is 2. The van der Waals surface area contributed by atoms with Crippen LogP contribution in [-0.2, 0) is 19.9 Å². The van der Waals surface area contributed by atoms with E-state index in [0.717, 1.165) is 11.1 Å². The quantitative estimate of drug-likeness (QED) is 0.410. The number of nitrogens with one attached hydrogen (secondary N) is 2. The van der Waals surface area contributed by atoms with Crippen molar-refractivity contribution in [1.29, 1.82) is 0 Å². The summed E-state index contributed by atoms with van der Waals surface area (Å²) in [6.07, 6.45) is 0. The third-order valence-corrected chi connectivity index (χ3v) is 4.98. The van der Waals surface area contributed by atoms with Crippen molar-refractivity contribution in [2.24, 2.45) is 0 Å². The lowest BCUT2D eigenvalue weighted by atomic mass is 9.93. The number of anilines is 1. The fourth-order valence-corrected chi connectivity index (χ4v) is 3.08. The van der Waals surface area contributed by atoms with Crippen LogP contribution in [0, 0.1) is 0 Å². The van der Waals surface area contributed by atoms with Crippen LogP contribution >= 0.6 is 0 Å². The van der Waals surface area contributed by atoms with Crippen LogP contribution in [0.3, 0.4) is 0 Å². The predicted molar refractivity (Wildman–Crippen MR) is 121 cm³/mol. The van der Waals surface area contributed by atoms with Crippen LogP contribution in [0.4, 0.5) is 5.69 Å². The van der Waals surface area contributed by atoms with Crippen LogP contribution in [0.1, 0.15) is 22.8 Å². The Morgan fingerprint density at radius 3 is 2.03 bits per heavy atom. The van der Waals surface area contributed by atoms with Crippen LogP contribution < -0.4 is 10.6 Å². The molecule has 0 saturated carbocycles. The van der Waals surface area contributed by atoms with Crippen LogP contribution in [0.15, 0.2) is 78.9 Å². The lowest BCUT2D eigenvalue weighted by Crippen LogP contribution is -2.43. The van der Waals surface area contributed by atoms with Gasteiger partial charge in [0.2, 0.25) is 0 Å². The van der Waals surface area contributed by atoms with Crippen molar-refractivity contribution >= 4 is 23.5 Å². The Morgan fingerprint density at radius 2 is 1.44 bits per heavy atom. The van der Waals surface area contributed by atoms with E-state index in [2.05, 4.69) is 15.4 Å². The van der Waals surface area contributed by atoms with Crippen LogP contribution in [0.5, 0.6) is 0 Å². The molecule has 0 heterocycles. The second-order valence-corrected chi connectivity index (χ2v) is 7.42. The summed E-state index contributed by atoms with van der Waals surface area (Å²) in [4.78, 5) is 35.8. The van der Waals surface area contributed by atoms with E-state index in [1.807, 2.05) is 42.5 Å². The summed E-state index contributed by atoms with van der Waals surface area (Å²) in [6.45, 7) is 1.42. The molecule has 7 heteroatoms. The molecule has 0 aliphatic rings. The normalized spacial score (nSPS) is 12.3. The first-order valence-electron chi connectivity index (χ1n) is 9.96. The van der Waals surface area contributed by atoms with Crippen molar-refractivity contribution in [3.05, 3.63) is 90.0 Å². The van der Waals surface area contributed by atoms with Crippen molar-refractivity contribution < 1.29 is 24.2 Å². The Balaban J connectivity index is 1.57. The van der Waals surface area contributed by atoms with Gasteiger partial charge >= 0.3 is 17.8 Å². The Labute approximate surface area is 186 Å². The van der Waals surface area contributed by atoms with E-state index >= 15 is 0 Å². The number of carbonyl (C=O) groups is 3. The van der Waals surface area contributed by atoms with Gasteiger partial charge in [-0.15, -0.1) is 0 Å². The van der Waals surface area contributed by atoms with Crippen molar-refractivity contribution in [3.8, 4) is 11.1 Å². The highest BCUT2D eigenvalue weighted by Gasteiger charge is 2.25. The first kappa shape index (κ1) is 22.7. The van der Waals surface area contributed by atoms with Crippen molar-refractivity contribution in [2.75, 3.05) is 19.0 Å². The lowest BCUT2D eigenvalue weighted by molar-refractivity contribution is -0.136. The number of aliphatic hydroxyl groups is 1. The second kappa shape index (κ2) is 9.89. The minimum absolute atomic E-state index is 0.148. The standard InChI is InChI=1S/C25H24N2O5/c1-25(31,20-12-8-18(9-13-20)17-6-4-3-5-7-17)16-26-22(28)23(29)27-21-14-10-19(11-15-21)24(30)32-2/h3-15,31H,16H2,1-2H3,(H,26,28)(H,27,29). The topological polar surface area (TPSA) is 105 Å². The van der Waals surface area contributed by atoms with Gasteiger partial charge in [0.05, 0.1) is 19.2 Å². The summed E-state index contributed by atoms with van der Waals surface area (Å²) in [5.74, 6) is -2.27. The molecule has 0 bridgehead atoms. The van der Waals surface area contributed by atoms with Gasteiger partial charge in [-0.25, -0.2) is 4.79 Å². The Kier molecular flexibility index (Phi) is 7.02. The summed E-state index contributed by atoms with van der Waals surface area (Å²) in [6, 6.07) is 23.1. The summed E-state index contributed by atoms with van der Waals surface area (Å²) in [5, 5.41) is 15.7. The molecular formula is C25H24N2O5. The number of hydrogen-bond acceptors (Lipinski definition) is 5. The van der Waals surface area contributed by atoms with E-state index in [0.29, 0.717) is 16.8 Å². The van der Waals surface area contributed by atoms with Crippen molar-refractivity contribution in [2.45, 2.75) is 12.5 Å². The molecule has 1 atom stereocenters. The molecule has 3 aromatic carbocycles. The van der Waals surface area contributed by atoms with Crippen LogP contribution in [0.2, 0.25) is 0 Å². The van der Waals surface area contributed by atoms with Gasteiger partial charge in [-0.3, -0.25) is 9.59 Å². The van der Waals surface area contributed by atoms with Gasteiger partial charge in [-0.2, -0.15) is 0 Å². The summed E-state index contributed by atoms with van der Waals surface area (Å²) in [5.41, 5.74) is 1.98. The van der Waals surface area contributed by atoms with E-state index in [-0.39, 0.29) is 6.54 Å². The first-order chi connectivity index (χ1) is 15.3. The largest absolute Gasteiger partial charge is 0.465 e. The molecule has 0 fully saturated rings. The molecule has 3 aromatic rings. The summed E-state index contributed by atoms with van der Waals surface area (Å²) >= 11 is 0. The third-order valence-electron chi connectivity index (χ3n) is 4.98. The fourth-order valence-electron chi connectivity index (χ4n) is 3.08. The maximum Gasteiger partial charge on any atom is 0.337 e. The molecule has 0 aliphatic carbocycles. The van der Waals surface area contributed by atoms with E-state index in [4.69, 9.17) is 0 Å². The van der Waals surface area contributed by atoms with Gasteiger partial charge in [0.15, 0.2) is 0 Å². The molecule has 32 heavy (non-hydrogen) atoms. The number of ether oxygens (including phenoxy) is 1. The zero-order valence-corrected chi connectivity index (χ0v) is 17.8. The minimum atomic E-state index is -1.37. The SMILES string of the molecule is COC(=O)c1ccc(NC(=O)C(=O)NCC(C)(O)c2ccc(-c3ccccc3)cc2)cc1. The maximum atomic E-state index is 12.2. The van der Waals surface area contributed by atoms with Crippen LogP contribution in [-0.4, -0.2) is 36.5 Å². The van der Waals surface area contributed by atoms with E-state index in [9.17, 15) is 19.5 Å². The molecule has 3 N–H and O–H groups in total. The number of benzene rings is 3. The number of carbonyl (C=O) groups excluding carboxylic acids is 3. The Hall–Kier alpha value is -3.97. The van der Waals surface area contributed by atoms with Crippen molar-refractivity contribution in [1.82, 2.24) is 5.32 Å². The average Bonchev–Trinajstić information content (AvgIpc) is 2.83. The molecule has 1 unspecified atom stereocenters. The number of methoxy groups -OCH3 is 1. The van der Waals surface area contributed by atoms with Gasteiger partial charge in [0, 0.05) is 5.69 Å².